The van der Waals surface area contributed by atoms with Crippen LogP contribution in [0.4, 0.5) is 0 Å². The maximum atomic E-state index is 5.99. The molecule has 1 aromatic rings. The number of thioether (sulfide) groups is 1. The molecule has 0 radical (unpaired) electrons. The van der Waals surface area contributed by atoms with Crippen LogP contribution in [0.3, 0.4) is 0 Å². The summed E-state index contributed by atoms with van der Waals surface area (Å²) in [6.07, 6.45) is 5.36. The summed E-state index contributed by atoms with van der Waals surface area (Å²) in [6.45, 7) is 7.69. The van der Waals surface area contributed by atoms with E-state index in [-0.39, 0.29) is 5.44 Å². The van der Waals surface area contributed by atoms with Gasteiger partial charge in [-0.15, -0.1) is 18.2 Å². The fraction of sp³-hybridized carbons (Fsp3) is 0.500. The third-order valence-corrected chi connectivity index (χ3v) is 4.78. The van der Waals surface area contributed by atoms with Gasteiger partial charge in [0.2, 0.25) is 0 Å². The Bertz CT molecular complexity index is 428. The van der Waals surface area contributed by atoms with Crippen molar-refractivity contribution in [2.45, 2.75) is 26.2 Å². The van der Waals surface area contributed by atoms with Crippen LogP contribution in [0.5, 0.6) is 0 Å². The van der Waals surface area contributed by atoms with Crippen molar-refractivity contribution in [3.05, 3.63) is 35.4 Å². The Hall–Kier alpha value is -0.910. The van der Waals surface area contributed by atoms with E-state index in [1.54, 1.807) is 0 Å². The number of rotatable bonds is 1. The number of hydrogen-bond donors (Lipinski definition) is 0. The molecule has 1 saturated heterocycles. The molecule has 1 aliphatic heterocycles. The highest BCUT2D eigenvalue weighted by Gasteiger charge is 2.31. The Morgan fingerprint density at radius 3 is 2.39 bits per heavy atom. The van der Waals surface area contributed by atoms with Gasteiger partial charge < -0.3 is 4.74 Å². The minimum absolute atomic E-state index is 0.162. The molecule has 0 unspecified atom stereocenters. The molecular formula is C16H20OS. The highest BCUT2D eigenvalue weighted by atomic mass is 32.2. The molecule has 1 aliphatic rings. The molecule has 18 heavy (non-hydrogen) atoms. The van der Waals surface area contributed by atoms with Gasteiger partial charge in [0.1, 0.15) is 5.44 Å². The summed E-state index contributed by atoms with van der Waals surface area (Å²) in [4.78, 5) is 0. The van der Waals surface area contributed by atoms with E-state index in [9.17, 15) is 0 Å². The van der Waals surface area contributed by atoms with E-state index in [1.807, 2.05) is 23.9 Å². The van der Waals surface area contributed by atoms with E-state index in [1.165, 1.54) is 5.56 Å². The molecule has 1 nitrogen and oxygen atoms in total. The number of benzene rings is 1. The summed E-state index contributed by atoms with van der Waals surface area (Å²) in [5.41, 5.74) is 2.62. The smallest absolute Gasteiger partial charge is 0.128 e. The second kappa shape index (κ2) is 5.38. The molecule has 0 spiro atoms. The molecule has 2 rings (SSSR count). The first-order chi connectivity index (χ1) is 8.50. The van der Waals surface area contributed by atoms with Gasteiger partial charge in [-0.05, 0) is 29.0 Å². The van der Waals surface area contributed by atoms with Crippen LogP contribution in [0.2, 0.25) is 0 Å². The van der Waals surface area contributed by atoms with E-state index in [4.69, 9.17) is 11.2 Å². The van der Waals surface area contributed by atoms with Gasteiger partial charge in [0.25, 0.3) is 0 Å². The summed E-state index contributed by atoms with van der Waals surface area (Å²) < 4.78 is 5.99. The monoisotopic (exact) mass is 260 g/mol. The summed E-state index contributed by atoms with van der Waals surface area (Å²) in [5.74, 6) is 4.42. The normalized spacial score (nSPS) is 24.6. The van der Waals surface area contributed by atoms with Gasteiger partial charge in [-0.25, -0.2) is 0 Å². The summed E-state index contributed by atoms with van der Waals surface area (Å²) >= 11 is 1.89. The second-order valence-electron chi connectivity index (χ2n) is 5.83. The van der Waals surface area contributed by atoms with Crippen LogP contribution < -0.4 is 0 Å². The second-order valence-corrected chi connectivity index (χ2v) is 6.92. The molecule has 0 saturated carbocycles. The van der Waals surface area contributed by atoms with Crippen LogP contribution in [0.15, 0.2) is 24.3 Å². The van der Waals surface area contributed by atoms with E-state index < -0.39 is 0 Å². The Kier molecular flexibility index (Phi) is 4.04. The summed E-state index contributed by atoms with van der Waals surface area (Å²) in [6, 6.07) is 8.11. The predicted octanol–water partition coefficient (Wildman–Crippen LogP) is 4.09. The maximum absolute atomic E-state index is 5.99. The minimum atomic E-state index is 0.162. The van der Waals surface area contributed by atoms with Crippen molar-refractivity contribution in [2.75, 3.05) is 12.4 Å². The molecule has 1 aromatic carbocycles. The highest BCUT2D eigenvalue weighted by molar-refractivity contribution is 7.99. The molecule has 1 fully saturated rings. The molecule has 0 aromatic heterocycles. The Balaban J connectivity index is 1.99. The average molecular weight is 260 g/mol. The zero-order valence-electron chi connectivity index (χ0n) is 11.3. The van der Waals surface area contributed by atoms with Crippen LogP contribution in [0, 0.1) is 23.7 Å². The van der Waals surface area contributed by atoms with E-state index in [0.29, 0.717) is 11.3 Å². The first-order valence-corrected chi connectivity index (χ1v) is 7.35. The maximum Gasteiger partial charge on any atom is 0.128 e. The lowest BCUT2D eigenvalue weighted by atomic mass is 9.82. The van der Waals surface area contributed by atoms with Crippen molar-refractivity contribution in [1.29, 1.82) is 0 Å². The molecule has 2 heteroatoms. The topological polar surface area (TPSA) is 9.23 Å². The number of terminal acetylenes is 1. The minimum Gasteiger partial charge on any atom is -0.362 e. The van der Waals surface area contributed by atoms with Gasteiger partial charge in [-0.2, -0.15) is 0 Å². The number of ether oxygens (including phenoxy) is 1. The van der Waals surface area contributed by atoms with Crippen LogP contribution in [-0.4, -0.2) is 12.4 Å². The highest BCUT2D eigenvalue weighted by Crippen LogP contribution is 2.41. The summed E-state index contributed by atoms with van der Waals surface area (Å²) in [7, 11) is 0. The molecular weight excluding hydrogens is 240 g/mol. The van der Waals surface area contributed by atoms with Gasteiger partial charge in [-0.3, -0.25) is 0 Å². The molecule has 2 atom stereocenters. The number of hydrogen-bond acceptors (Lipinski definition) is 2. The van der Waals surface area contributed by atoms with E-state index in [0.717, 1.165) is 17.9 Å². The van der Waals surface area contributed by atoms with Crippen molar-refractivity contribution >= 4 is 11.8 Å². The SMILES string of the molecule is C#Cc1ccc([C@@H]2OC[C@@H](C(C)(C)C)CS2)cc1. The van der Waals surface area contributed by atoms with E-state index in [2.05, 4.69) is 38.8 Å². The summed E-state index contributed by atoms with van der Waals surface area (Å²) in [5, 5.41) is 0. The molecule has 0 N–H and O–H groups in total. The van der Waals surface area contributed by atoms with Crippen molar-refractivity contribution in [1.82, 2.24) is 0 Å². The van der Waals surface area contributed by atoms with Gasteiger partial charge in [-0.1, -0.05) is 38.8 Å². The van der Waals surface area contributed by atoms with Gasteiger partial charge in [0.05, 0.1) is 6.61 Å². The van der Waals surface area contributed by atoms with Gasteiger partial charge in [0, 0.05) is 11.3 Å². The fourth-order valence-electron chi connectivity index (χ4n) is 1.93. The molecule has 0 aliphatic carbocycles. The average Bonchev–Trinajstić information content (AvgIpc) is 2.38. The van der Waals surface area contributed by atoms with E-state index >= 15 is 0 Å². The molecule has 96 valence electrons. The zero-order valence-corrected chi connectivity index (χ0v) is 12.1. The Morgan fingerprint density at radius 2 is 1.94 bits per heavy atom. The van der Waals surface area contributed by atoms with Crippen LogP contribution >= 0.6 is 11.8 Å². The predicted molar refractivity (Wildman–Crippen MR) is 78.5 cm³/mol. The van der Waals surface area contributed by atoms with Gasteiger partial charge in [0.15, 0.2) is 0 Å². The Morgan fingerprint density at radius 1 is 1.28 bits per heavy atom. The third-order valence-electron chi connectivity index (χ3n) is 3.47. The largest absolute Gasteiger partial charge is 0.362 e. The van der Waals surface area contributed by atoms with Crippen LogP contribution in [0.1, 0.15) is 37.3 Å². The standard InChI is InChI=1S/C16H20OS/c1-5-12-6-8-13(9-7-12)15-17-10-14(11-18-15)16(2,3)4/h1,6-9,14-15H,10-11H2,2-4H3/t14-,15-/m1/s1. The molecule has 1 heterocycles. The molecule has 0 bridgehead atoms. The lowest BCUT2D eigenvalue weighted by Gasteiger charge is -2.36. The fourth-order valence-corrected chi connectivity index (χ4v) is 3.46. The van der Waals surface area contributed by atoms with Crippen molar-refractivity contribution in [2.24, 2.45) is 11.3 Å². The zero-order chi connectivity index (χ0) is 13.2. The van der Waals surface area contributed by atoms with Gasteiger partial charge >= 0.3 is 0 Å². The first kappa shape index (κ1) is 13.5. The van der Waals surface area contributed by atoms with Crippen LogP contribution in [0.25, 0.3) is 0 Å². The third kappa shape index (κ3) is 3.10. The van der Waals surface area contributed by atoms with Crippen molar-refractivity contribution < 1.29 is 4.74 Å². The molecule has 0 amide bonds. The van der Waals surface area contributed by atoms with Crippen LogP contribution in [-0.2, 0) is 4.74 Å². The van der Waals surface area contributed by atoms with Crippen molar-refractivity contribution in [3.8, 4) is 12.3 Å². The lowest BCUT2D eigenvalue weighted by Crippen LogP contribution is -2.31. The Labute approximate surface area is 114 Å². The quantitative estimate of drug-likeness (QED) is 0.703. The lowest BCUT2D eigenvalue weighted by molar-refractivity contribution is 0.0396. The van der Waals surface area contributed by atoms with Crippen molar-refractivity contribution in [3.63, 3.8) is 0 Å². The first-order valence-electron chi connectivity index (χ1n) is 6.30.